The number of carbonyl (C=O) groups excluding carboxylic acids is 4. The zero-order valence-electron chi connectivity index (χ0n) is 10.2. The van der Waals surface area contributed by atoms with E-state index in [4.69, 9.17) is 0 Å². The summed E-state index contributed by atoms with van der Waals surface area (Å²) in [7, 11) is 0. The molecule has 0 saturated heterocycles. The first-order valence-corrected chi connectivity index (χ1v) is 6.42. The fourth-order valence-corrected chi connectivity index (χ4v) is 0.929. The molecular weight excluding hydrogens is 324 g/mol. The summed E-state index contributed by atoms with van der Waals surface area (Å²) in [5, 5.41) is -0.0964. The summed E-state index contributed by atoms with van der Waals surface area (Å²) in [4.78, 5) is 43.6. The van der Waals surface area contributed by atoms with Crippen molar-refractivity contribution in [3.8, 4) is 0 Å². The molecule has 0 amide bonds. The predicted molar refractivity (Wildman–Crippen MR) is 66.2 cm³/mol. The molecule has 7 nitrogen and oxygen atoms in total. The van der Waals surface area contributed by atoms with Gasteiger partial charge in [0.1, 0.15) is 11.9 Å². The summed E-state index contributed by atoms with van der Waals surface area (Å²) in [6, 6.07) is 0. The summed E-state index contributed by atoms with van der Waals surface area (Å²) in [5.74, 6) is -2.99. The van der Waals surface area contributed by atoms with Gasteiger partial charge in [-0.05, 0) is 6.92 Å². The average Bonchev–Trinajstić information content (AvgIpc) is 2.36. The molecule has 0 N–H and O–H groups in total. The molecular formula is C11H13BrO7. The van der Waals surface area contributed by atoms with E-state index in [1.54, 1.807) is 6.92 Å². The average molecular weight is 337 g/mol. The number of rotatable bonds is 7. The molecule has 19 heavy (non-hydrogen) atoms. The van der Waals surface area contributed by atoms with Crippen molar-refractivity contribution in [3.05, 3.63) is 12.2 Å². The Labute approximate surface area is 118 Å². The van der Waals surface area contributed by atoms with Gasteiger partial charge in [0.2, 0.25) is 0 Å². The molecule has 0 bridgehead atoms. The van der Waals surface area contributed by atoms with Gasteiger partial charge in [-0.1, -0.05) is 15.9 Å². The van der Waals surface area contributed by atoms with Crippen molar-refractivity contribution in [1.29, 1.82) is 0 Å². The van der Waals surface area contributed by atoms with E-state index in [0.29, 0.717) is 0 Å². The fourth-order valence-electron chi connectivity index (χ4n) is 0.815. The minimum absolute atomic E-state index is 0.0964. The van der Waals surface area contributed by atoms with Crippen LogP contribution in [0.3, 0.4) is 0 Å². The van der Waals surface area contributed by atoms with Crippen LogP contribution in [-0.4, -0.2) is 42.4 Å². The molecule has 0 fully saturated rings. The largest absolute Gasteiger partial charge is 0.463 e. The summed E-state index contributed by atoms with van der Waals surface area (Å²) < 4.78 is 13.4. The number of hydrogen-bond donors (Lipinski definition) is 0. The fraction of sp³-hybridized carbons (Fsp3) is 0.455. The van der Waals surface area contributed by atoms with Crippen LogP contribution in [0.1, 0.15) is 13.3 Å². The third-order valence-corrected chi connectivity index (χ3v) is 1.99. The van der Waals surface area contributed by atoms with Gasteiger partial charge in [-0.15, -0.1) is 0 Å². The first kappa shape index (κ1) is 17.3. The quantitative estimate of drug-likeness (QED) is 0.219. The molecule has 0 spiro atoms. The third-order valence-electron chi connectivity index (χ3n) is 1.53. The Morgan fingerprint density at radius 1 is 1.00 bits per heavy atom. The molecule has 0 saturated carbocycles. The Morgan fingerprint density at radius 3 is 2.11 bits per heavy atom. The van der Waals surface area contributed by atoms with Crippen LogP contribution in [-0.2, 0) is 33.4 Å². The first-order chi connectivity index (χ1) is 8.99. The lowest BCUT2D eigenvalue weighted by Crippen LogP contribution is -2.15. The number of ether oxygens (including phenoxy) is 3. The highest BCUT2D eigenvalue weighted by Gasteiger charge is 2.09. The van der Waals surface area contributed by atoms with E-state index in [9.17, 15) is 19.2 Å². The Balaban J connectivity index is 3.83. The molecule has 0 aromatic carbocycles. The van der Waals surface area contributed by atoms with Gasteiger partial charge < -0.3 is 14.2 Å². The van der Waals surface area contributed by atoms with Crippen LogP contribution in [0.5, 0.6) is 0 Å². The molecule has 0 aliphatic rings. The van der Waals surface area contributed by atoms with E-state index in [1.807, 2.05) is 0 Å². The highest BCUT2D eigenvalue weighted by atomic mass is 79.9. The van der Waals surface area contributed by atoms with Gasteiger partial charge in [0, 0.05) is 12.2 Å². The van der Waals surface area contributed by atoms with Gasteiger partial charge in [-0.25, -0.2) is 9.59 Å². The van der Waals surface area contributed by atoms with Crippen molar-refractivity contribution in [1.82, 2.24) is 0 Å². The second-order valence-corrected chi connectivity index (χ2v) is 3.54. The summed E-state index contributed by atoms with van der Waals surface area (Å²) >= 11 is 2.82. The molecule has 0 unspecified atom stereocenters. The molecule has 0 heterocycles. The number of halogens is 1. The van der Waals surface area contributed by atoms with Crippen LogP contribution in [0.2, 0.25) is 0 Å². The Hall–Kier alpha value is -1.70. The Morgan fingerprint density at radius 2 is 1.58 bits per heavy atom. The highest BCUT2D eigenvalue weighted by Crippen LogP contribution is 1.93. The van der Waals surface area contributed by atoms with Crippen molar-refractivity contribution in [3.63, 3.8) is 0 Å². The minimum Gasteiger partial charge on any atom is -0.463 e. The lowest BCUT2D eigenvalue weighted by atomic mass is 10.4. The second kappa shape index (κ2) is 10.2. The van der Waals surface area contributed by atoms with Crippen molar-refractivity contribution in [2.24, 2.45) is 0 Å². The third kappa shape index (κ3) is 9.95. The van der Waals surface area contributed by atoms with Crippen LogP contribution in [0.25, 0.3) is 0 Å². The van der Waals surface area contributed by atoms with Gasteiger partial charge in [-0.3, -0.25) is 9.59 Å². The van der Waals surface area contributed by atoms with Gasteiger partial charge in [0.15, 0.2) is 0 Å². The number of esters is 4. The van der Waals surface area contributed by atoms with E-state index < -0.39 is 23.9 Å². The van der Waals surface area contributed by atoms with Gasteiger partial charge in [0.05, 0.1) is 13.0 Å². The predicted octanol–water partition coefficient (Wildman–Crippen LogP) is 0.504. The minimum atomic E-state index is -0.799. The summed E-state index contributed by atoms with van der Waals surface area (Å²) in [6.07, 6.45) is 1.54. The molecule has 0 radical (unpaired) electrons. The number of hydrogen-bond acceptors (Lipinski definition) is 7. The topological polar surface area (TPSA) is 96.0 Å². The molecule has 0 aliphatic carbocycles. The van der Waals surface area contributed by atoms with Crippen molar-refractivity contribution < 1.29 is 33.4 Å². The zero-order valence-corrected chi connectivity index (χ0v) is 11.8. The van der Waals surface area contributed by atoms with Gasteiger partial charge >= 0.3 is 23.9 Å². The number of alkyl halides is 1. The molecule has 0 rings (SSSR count). The highest BCUT2D eigenvalue weighted by molar-refractivity contribution is 9.09. The van der Waals surface area contributed by atoms with Crippen LogP contribution >= 0.6 is 15.9 Å². The zero-order chi connectivity index (χ0) is 14.7. The van der Waals surface area contributed by atoms with E-state index in [2.05, 4.69) is 30.1 Å². The molecule has 0 aromatic rings. The van der Waals surface area contributed by atoms with E-state index in [-0.39, 0.29) is 25.0 Å². The van der Waals surface area contributed by atoms with E-state index >= 15 is 0 Å². The normalized spacial score (nSPS) is 10.0. The van der Waals surface area contributed by atoms with Crippen molar-refractivity contribution in [2.75, 3.05) is 18.5 Å². The maximum absolute atomic E-state index is 11.1. The van der Waals surface area contributed by atoms with Gasteiger partial charge in [0.25, 0.3) is 0 Å². The van der Waals surface area contributed by atoms with Crippen molar-refractivity contribution in [2.45, 2.75) is 13.3 Å². The molecule has 0 aromatic heterocycles. The SMILES string of the molecule is CCOC(=O)C=CC(=O)OCCC(=O)OC(=O)CBr. The lowest BCUT2D eigenvalue weighted by molar-refractivity contribution is -0.158. The smallest absolute Gasteiger partial charge is 0.331 e. The van der Waals surface area contributed by atoms with Crippen molar-refractivity contribution >= 4 is 39.8 Å². The summed E-state index contributed by atoms with van der Waals surface area (Å²) in [6.45, 7) is 1.58. The molecule has 106 valence electrons. The van der Waals surface area contributed by atoms with E-state index in [1.165, 1.54) is 0 Å². The second-order valence-electron chi connectivity index (χ2n) is 2.98. The molecule has 0 atom stereocenters. The van der Waals surface area contributed by atoms with Crippen LogP contribution < -0.4 is 0 Å². The number of carbonyl (C=O) groups is 4. The monoisotopic (exact) mass is 336 g/mol. The Bertz CT molecular complexity index is 375. The van der Waals surface area contributed by atoms with Crippen LogP contribution in [0.15, 0.2) is 12.2 Å². The first-order valence-electron chi connectivity index (χ1n) is 5.30. The molecule has 8 heteroatoms. The van der Waals surface area contributed by atoms with Crippen LogP contribution in [0, 0.1) is 0 Å². The maximum atomic E-state index is 11.1. The summed E-state index contributed by atoms with van der Waals surface area (Å²) in [5.41, 5.74) is 0. The maximum Gasteiger partial charge on any atom is 0.331 e. The van der Waals surface area contributed by atoms with Gasteiger partial charge in [-0.2, -0.15) is 0 Å². The standard InChI is InChI=1S/C11H13BrO7/c1-2-17-8(13)3-4-9(14)18-6-5-10(15)19-11(16)7-12/h3-4H,2,5-7H2,1H3. The molecule has 0 aliphatic heterocycles. The van der Waals surface area contributed by atoms with E-state index in [0.717, 1.165) is 12.2 Å². The lowest BCUT2D eigenvalue weighted by Gasteiger charge is -2.01. The Kier molecular flexibility index (Phi) is 9.33. The van der Waals surface area contributed by atoms with Crippen LogP contribution in [0.4, 0.5) is 0 Å².